The van der Waals surface area contributed by atoms with Gasteiger partial charge in [0.05, 0.1) is 6.61 Å². The highest BCUT2D eigenvalue weighted by molar-refractivity contribution is 6.31. The summed E-state index contributed by atoms with van der Waals surface area (Å²) < 4.78 is 18.3. The predicted octanol–water partition coefficient (Wildman–Crippen LogP) is 2.34. The van der Waals surface area contributed by atoms with Crippen LogP contribution in [0, 0.1) is 5.92 Å². The third kappa shape index (κ3) is 5.21. The van der Waals surface area contributed by atoms with Crippen LogP contribution in [0.15, 0.2) is 42.5 Å². The molecule has 2 aromatic carbocycles. The molecule has 4 heterocycles. The van der Waals surface area contributed by atoms with Crippen LogP contribution >= 0.6 is 11.6 Å². The van der Waals surface area contributed by atoms with Crippen molar-refractivity contribution < 1.29 is 39.7 Å². The van der Waals surface area contributed by atoms with E-state index >= 15 is 0 Å². The maximum atomic E-state index is 10.5. The van der Waals surface area contributed by atoms with Gasteiger partial charge in [0.25, 0.3) is 0 Å². The summed E-state index contributed by atoms with van der Waals surface area (Å²) in [7, 11) is 0. The molecule has 214 valence electrons. The molecule has 1 unspecified atom stereocenters. The van der Waals surface area contributed by atoms with Gasteiger partial charge in [-0.15, -0.1) is 0 Å². The number of nitrogens with zero attached hydrogens (tertiary/aromatic N) is 1. The highest BCUT2D eigenvalue weighted by Gasteiger charge is 2.65. The molecule has 0 aromatic heterocycles. The van der Waals surface area contributed by atoms with E-state index in [9.17, 15) is 25.5 Å². The second-order valence-corrected chi connectivity index (χ2v) is 11.1. The molecule has 39 heavy (non-hydrogen) atoms. The maximum absolute atomic E-state index is 10.5. The molecule has 0 amide bonds. The van der Waals surface area contributed by atoms with E-state index in [-0.39, 0.29) is 5.92 Å². The molecular weight excluding hydrogens is 526 g/mol. The van der Waals surface area contributed by atoms with Crippen molar-refractivity contribution in [2.45, 2.75) is 88.3 Å². The Morgan fingerprint density at radius 2 is 1.79 bits per heavy atom. The third-order valence-corrected chi connectivity index (χ3v) is 8.85. The maximum Gasteiger partial charge on any atom is 0.201 e. The van der Waals surface area contributed by atoms with Crippen molar-refractivity contribution in [2.24, 2.45) is 5.92 Å². The zero-order valence-electron chi connectivity index (χ0n) is 22.2. The van der Waals surface area contributed by atoms with Crippen LogP contribution in [0.2, 0.25) is 5.02 Å². The molecule has 2 bridgehead atoms. The van der Waals surface area contributed by atoms with Gasteiger partial charge in [0.1, 0.15) is 48.2 Å². The third-order valence-electron chi connectivity index (χ3n) is 8.48. The van der Waals surface area contributed by atoms with Crippen molar-refractivity contribution in [3.8, 4) is 5.75 Å². The lowest BCUT2D eigenvalue weighted by Gasteiger charge is -2.55. The van der Waals surface area contributed by atoms with E-state index in [0.717, 1.165) is 30.5 Å². The van der Waals surface area contributed by atoms with Crippen LogP contribution in [0.25, 0.3) is 0 Å². The van der Waals surface area contributed by atoms with E-state index in [0.29, 0.717) is 29.2 Å². The highest BCUT2D eigenvalue weighted by Crippen LogP contribution is 2.53. The number of aliphatic hydroxyl groups is 5. The number of benzene rings is 2. The van der Waals surface area contributed by atoms with E-state index in [1.807, 2.05) is 36.1 Å². The molecule has 4 saturated heterocycles. The van der Waals surface area contributed by atoms with Crippen LogP contribution in [0.4, 0.5) is 0 Å². The Hall–Kier alpha value is -1.79. The van der Waals surface area contributed by atoms with Crippen LogP contribution in [-0.2, 0) is 15.9 Å². The summed E-state index contributed by atoms with van der Waals surface area (Å²) in [6.45, 7) is 4.45. The number of hydrogen-bond donors (Lipinski definition) is 5. The van der Waals surface area contributed by atoms with Crippen LogP contribution in [0.1, 0.15) is 55.9 Å². The van der Waals surface area contributed by atoms with E-state index in [2.05, 4.69) is 6.92 Å². The molecule has 0 spiro atoms. The highest BCUT2D eigenvalue weighted by atomic mass is 35.5. The molecular formula is C29H38ClNO8. The van der Waals surface area contributed by atoms with Gasteiger partial charge in [-0.05, 0) is 54.2 Å². The van der Waals surface area contributed by atoms with Crippen molar-refractivity contribution >= 4 is 11.6 Å². The standard InChI is InChI=1S/C29H38ClNO8/c1-3-23(39-29(4-2)20-11-12-31(29)28(20)36)37-19-8-5-16(6-9-19)13-18-14-17(7-10-21(18)30)27-26(35)25(34)24(33)22(15-32)38-27/h5-10,14,20,22-28,32-36H,3-4,11-13,15H2,1-2H3/t20-,22-,23-,24-,25+,26-,27+,28-,29-/m1/s1. The number of halogens is 1. The molecule has 6 rings (SSSR count). The number of fused-ring (bicyclic) bond motifs is 1. The topological polar surface area (TPSA) is 132 Å². The zero-order chi connectivity index (χ0) is 27.9. The van der Waals surface area contributed by atoms with Gasteiger partial charge in [-0.3, -0.25) is 0 Å². The second-order valence-electron chi connectivity index (χ2n) is 10.7. The molecule has 4 aliphatic rings. The minimum absolute atomic E-state index is 0.117. The number of rotatable bonds is 10. The van der Waals surface area contributed by atoms with Gasteiger partial charge in [-0.1, -0.05) is 49.7 Å². The Labute approximate surface area is 233 Å². The van der Waals surface area contributed by atoms with Gasteiger partial charge in [0, 0.05) is 23.9 Å². The molecule has 0 saturated carbocycles. The van der Waals surface area contributed by atoms with E-state index < -0.39 is 55.4 Å². The summed E-state index contributed by atoms with van der Waals surface area (Å²) in [6, 6.07) is 12.9. The van der Waals surface area contributed by atoms with Gasteiger partial charge >= 0.3 is 0 Å². The minimum atomic E-state index is -1.45. The quantitative estimate of drug-likeness (QED) is 0.276. The first-order chi connectivity index (χ1) is 18.7. The van der Waals surface area contributed by atoms with E-state index in [1.165, 1.54) is 0 Å². The zero-order valence-corrected chi connectivity index (χ0v) is 22.9. The summed E-state index contributed by atoms with van der Waals surface area (Å²) in [4.78, 5) is 2.02. The molecule has 0 aliphatic carbocycles. The van der Waals surface area contributed by atoms with Gasteiger partial charge in [-0.2, -0.15) is 0 Å². The Kier molecular flexibility index (Phi) is 8.54. The minimum Gasteiger partial charge on any atom is -0.465 e. The Bertz CT molecular complexity index is 1120. The average molecular weight is 564 g/mol. The Balaban J connectivity index is 1.25. The van der Waals surface area contributed by atoms with Gasteiger partial charge in [-0.25, -0.2) is 4.90 Å². The molecule has 4 aliphatic heterocycles. The summed E-state index contributed by atoms with van der Waals surface area (Å²) >= 11 is 6.49. The lowest BCUT2D eigenvalue weighted by atomic mass is 9.84. The number of ether oxygens (including phenoxy) is 3. The summed E-state index contributed by atoms with van der Waals surface area (Å²) in [6.07, 6.45) is -4.08. The fourth-order valence-electron chi connectivity index (χ4n) is 6.24. The van der Waals surface area contributed by atoms with Gasteiger partial charge in [0.15, 0.2) is 0 Å². The lowest BCUT2D eigenvalue weighted by Crippen LogP contribution is -2.69. The van der Waals surface area contributed by atoms with Crippen molar-refractivity contribution in [1.29, 1.82) is 0 Å². The van der Waals surface area contributed by atoms with Gasteiger partial charge in [0.2, 0.25) is 6.29 Å². The first-order valence-corrected chi connectivity index (χ1v) is 14.1. The molecule has 5 N–H and O–H groups in total. The van der Waals surface area contributed by atoms with Crippen LogP contribution in [0.3, 0.4) is 0 Å². The predicted molar refractivity (Wildman–Crippen MR) is 143 cm³/mol. The monoisotopic (exact) mass is 563 g/mol. The normalized spacial score (nSPS) is 36.4. The largest absolute Gasteiger partial charge is 0.465 e. The van der Waals surface area contributed by atoms with Crippen LogP contribution in [0.5, 0.6) is 5.75 Å². The number of hydrogen-bond acceptors (Lipinski definition) is 9. The SMILES string of the molecule is CC[C@H](Oc1ccc(Cc2cc([C@@H]3O[C@H](CO)[C@@H](O)[C@H](O)[C@H]3O)ccc2Cl)cc1)O[C@]1(CC)[C@@H]2CCN1[C@@H]2O. The first-order valence-electron chi connectivity index (χ1n) is 13.7. The van der Waals surface area contributed by atoms with Crippen molar-refractivity contribution in [1.82, 2.24) is 4.90 Å². The van der Waals surface area contributed by atoms with E-state index in [4.69, 9.17) is 25.8 Å². The van der Waals surface area contributed by atoms with Crippen LogP contribution < -0.4 is 4.74 Å². The molecule has 10 atom stereocenters. The molecule has 4 fully saturated rings. The first kappa shape index (κ1) is 28.7. The van der Waals surface area contributed by atoms with Crippen molar-refractivity contribution in [2.75, 3.05) is 13.2 Å². The molecule has 10 heteroatoms. The smallest absolute Gasteiger partial charge is 0.201 e. The summed E-state index contributed by atoms with van der Waals surface area (Å²) in [5.74, 6) is 0.797. The lowest BCUT2D eigenvalue weighted by molar-refractivity contribution is -0.341. The summed E-state index contributed by atoms with van der Waals surface area (Å²) in [5.41, 5.74) is 1.92. The Morgan fingerprint density at radius 3 is 2.38 bits per heavy atom. The summed E-state index contributed by atoms with van der Waals surface area (Å²) in [5, 5.41) is 51.1. The van der Waals surface area contributed by atoms with Crippen molar-refractivity contribution in [3.05, 3.63) is 64.2 Å². The molecule has 2 aromatic rings. The molecule has 9 nitrogen and oxygen atoms in total. The van der Waals surface area contributed by atoms with Gasteiger partial charge < -0.3 is 39.7 Å². The van der Waals surface area contributed by atoms with E-state index in [1.54, 1.807) is 18.2 Å². The fraction of sp³-hybridized carbons (Fsp3) is 0.586. The molecule has 0 radical (unpaired) electrons. The van der Waals surface area contributed by atoms with Crippen LogP contribution in [-0.4, -0.2) is 86.2 Å². The Morgan fingerprint density at radius 1 is 1.05 bits per heavy atom. The fourth-order valence-corrected chi connectivity index (χ4v) is 6.43. The number of aliphatic hydroxyl groups excluding tert-OH is 5. The van der Waals surface area contributed by atoms with Crippen molar-refractivity contribution in [3.63, 3.8) is 0 Å². The average Bonchev–Trinajstić information content (AvgIpc) is 3.54. The second kappa shape index (κ2) is 11.6.